The van der Waals surface area contributed by atoms with Crippen LogP contribution in [0.2, 0.25) is 0 Å². The third-order valence-electron chi connectivity index (χ3n) is 7.07. The van der Waals surface area contributed by atoms with Crippen molar-refractivity contribution >= 4 is 46.9 Å². The molecule has 0 bridgehead atoms. The highest BCUT2D eigenvalue weighted by Crippen LogP contribution is 2.30. The lowest BCUT2D eigenvalue weighted by molar-refractivity contribution is -0.116. The zero-order valence-corrected chi connectivity index (χ0v) is 26.5. The molecule has 0 aliphatic carbocycles. The summed E-state index contributed by atoms with van der Waals surface area (Å²) in [6.45, 7) is 6.01. The number of thioether (sulfide) groups is 1. The molecule has 0 aromatic heterocycles. The van der Waals surface area contributed by atoms with Crippen LogP contribution in [-0.2, 0) is 16.0 Å². The monoisotopic (exact) mass is 623 g/mol. The number of rotatable bonds is 12. The topological polar surface area (TPSA) is 117 Å². The number of carbonyl (C=O) groups excluding carboxylic acids is 3. The van der Waals surface area contributed by atoms with E-state index in [-0.39, 0.29) is 22.6 Å². The van der Waals surface area contributed by atoms with Crippen molar-refractivity contribution in [2.75, 3.05) is 17.7 Å². The van der Waals surface area contributed by atoms with Gasteiger partial charge >= 0.3 is 0 Å². The van der Waals surface area contributed by atoms with Crippen LogP contribution in [0.25, 0.3) is 6.08 Å². The molecule has 4 rings (SSSR count). The van der Waals surface area contributed by atoms with Crippen LogP contribution in [0.3, 0.4) is 0 Å². The van der Waals surface area contributed by atoms with Crippen molar-refractivity contribution in [2.45, 2.75) is 43.8 Å². The number of nitrogens with one attached hydrogen (secondary N) is 3. The second-order valence-corrected chi connectivity index (χ2v) is 11.5. The highest BCUT2D eigenvalue weighted by atomic mass is 32.2. The molecule has 0 radical (unpaired) electrons. The molecular weight excluding hydrogens is 586 g/mol. The second-order valence-electron chi connectivity index (χ2n) is 10.3. The number of methoxy groups -OCH3 is 1. The van der Waals surface area contributed by atoms with E-state index in [0.29, 0.717) is 29.0 Å². The van der Waals surface area contributed by atoms with Gasteiger partial charge in [-0.2, -0.15) is 0 Å². The molecule has 0 spiro atoms. The molecular formula is C36H37N3O5S. The highest BCUT2D eigenvalue weighted by molar-refractivity contribution is 8.00. The molecule has 45 heavy (non-hydrogen) atoms. The number of aromatic hydroxyl groups is 1. The van der Waals surface area contributed by atoms with Crippen LogP contribution < -0.4 is 20.7 Å². The number of phenols is 1. The standard InChI is InChI=1S/C36H37N3O5S/c1-5-24-15-10-12-23(3)33(24)39-36(43)32(6-2)45-29-17-11-16-27(21-29)37-35(42)30(38-34(41)25-13-8-7-9-14-25)20-26-18-19-28(40)22-31(26)44-4/h7-22,32,40H,5-6H2,1-4H3,(H,37,42)(H,38,41)(H,39,43)/b30-20+. The molecule has 9 heteroatoms. The summed E-state index contributed by atoms with van der Waals surface area (Å²) in [5, 5.41) is 18.2. The summed E-state index contributed by atoms with van der Waals surface area (Å²) in [6.07, 6.45) is 2.90. The van der Waals surface area contributed by atoms with Crippen molar-refractivity contribution in [1.29, 1.82) is 0 Å². The average molecular weight is 624 g/mol. The smallest absolute Gasteiger partial charge is 0.272 e. The molecule has 0 saturated heterocycles. The first-order valence-electron chi connectivity index (χ1n) is 14.6. The number of phenolic OH excluding ortho intramolecular Hbond substituents is 1. The summed E-state index contributed by atoms with van der Waals surface area (Å²) in [4.78, 5) is 40.7. The van der Waals surface area contributed by atoms with E-state index in [2.05, 4.69) is 22.9 Å². The first kappa shape index (κ1) is 32.9. The molecule has 0 aliphatic rings. The van der Waals surface area contributed by atoms with Gasteiger partial charge in [0.1, 0.15) is 17.2 Å². The van der Waals surface area contributed by atoms with Gasteiger partial charge in [-0.25, -0.2) is 0 Å². The highest BCUT2D eigenvalue weighted by Gasteiger charge is 2.21. The Kier molecular flexibility index (Phi) is 11.4. The third kappa shape index (κ3) is 8.77. The van der Waals surface area contributed by atoms with Gasteiger partial charge < -0.3 is 25.8 Å². The molecule has 0 heterocycles. The van der Waals surface area contributed by atoms with Crippen LogP contribution in [-0.4, -0.2) is 35.2 Å². The van der Waals surface area contributed by atoms with Crippen LogP contribution in [0, 0.1) is 6.92 Å². The number of carbonyl (C=O) groups is 3. The van der Waals surface area contributed by atoms with E-state index in [4.69, 9.17) is 4.74 Å². The minimum atomic E-state index is -0.562. The molecule has 0 fully saturated rings. The maximum absolute atomic E-state index is 13.6. The van der Waals surface area contributed by atoms with Crippen LogP contribution in [0.15, 0.2) is 102 Å². The van der Waals surface area contributed by atoms with Gasteiger partial charge in [-0.1, -0.05) is 56.3 Å². The Balaban J connectivity index is 1.55. The Bertz CT molecular complexity index is 1700. The summed E-state index contributed by atoms with van der Waals surface area (Å²) in [7, 11) is 1.45. The lowest BCUT2D eigenvalue weighted by atomic mass is 10.1. The molecule has 8 nitrogen and oxygen atoms in total. The lowest BCUT2D eigenvalue weighted by Crippen LogP contribution is -2.30. The molecule has 232 valence electrons. The summed E-state index contributed by atoms with van der Waals surface area (Å²) in [6, 6.07) is 26.2. The fraction of sp³-hybridized carbons (Fsp3) is 0.194. The first-order valence-corrected chi connectivity index (χ1v) is 15.5. The number of ether oxygens (including phenoxy) is 1. The van der Waals surface area contributed by atoms with Crippen molar-refractivity contribution in [3.8, 4) is 11.5 Å². The van der Waals surface area contributed by atoms with Gasteiger partial charge in [0.15, 0.2) is 0 Å². The maximum Gasteiger partial charge on any atom is 0.272 e. The van der Waals surface area contributed by atoms with Gasteiger partial charge in [-0.3, -0.25) is 14.4 Å². The van der Waals surface area contributed by atoms with Crippen molar-refractivity contribution in [3.63, 3.8) is 0 Å². The van der Waals surface area contributed by atoms with Gasteiger partial charge in [-0.05, 0) is 79.4 Å². The number of para-hydroxylation sites is 1. The summed E-state index contributed by atoms with van der Waals surface area (Å²) >= 11 is 1.41. The van der Waals surface area contributed by atoms with E-state index in [1.165, 1.54) is 37.1 Å². The zero-order valence-electron chi connectivity index (χ0n) is 25.7. The van der Waals surface area contributed by atoms with Gasteiger partial charge in [-0.15, -0.1) is 11.8 Å². The normalized spacial score (nSPS) is 11.8. The Morgan fingerprint density at radius 3 is 2.38 bits per heavy atom. The van der Waals surface area contributed by atoms with Crippen molar-refractivity contribution in [3.05, 3.63) is 119 Å². The van der Waals surface area contributed by atoms with Gasteiger partial charge in [0.25, 0.3) is 11.8 Å². The first-order chi connectivity index (χ1) is 21.7. The molecule has 3 amide bonds. The fourth-order valence-corrected chi connectivity index (χ4v) is 5.67. The maximum atomic E-state index is 13.6. The van der Waals surface area contributed by atoms with Gasteiger partial charge in [0.2, 0.25) is 5.91 Å². The average Bonchev–Trinajstić information content (AvgIpc) is 3.05. The predicted octanol–water partition coefficient (Wildman–Crippen LogP) is 7.19. The minimum absolute atomic E-state index is 0.00131. The Hall–Kier alpha value is -5.02. The number of hydrogen-bond donors (Lipinski definition) is 4. The van der Waals surface area contributed by atoms with E-state index in [9.17, 15) is 19.5 Å². The number of aryl methyl sites for hydroxylation is 2. The van der Waals surface area contributed by atoms with Crippen molar-refractivity contribution in [1.82, 2.24) is 5.32 Å². The molecule has 1 atom stereocenters. The van der Waals surface area contributed by atoms with Crippen molar-refractivity contribution in [2.24, 2.45) is 0 Å². The summed E-state index contributed by atoms with van der Waals surface area (Å²) in [5.41, 5.74) is 4.28. The third-order valence-corrected chi connectivity index (χ3v) is 8.43. The molecule has 0 aliphatic heterocycles. The van der Waals surface area contributed by atoms with Crippen LogP contribution in [0.5, 0.6) is 11.5 Å². The predicted molar refractivity (Wildman–Crippen MR) is 181 cm³/mol. The minimum Gasteiger partial charge on any atom is -0.508 e. The SMILES string of the molecule is CCc1cccc(C)c1NC(=O)C(CC)Sc1cccc(NC(=O)/C(=C\c2ccc(O)cc2OC)NC(=O)c2ccccc2)c1. The van der Waals surface area contributed by atoms with Gasteiger partial charge in [0, 0.05) is 33.5 Å². The van der Waals surface area contributed by atoms with E-state index >= 15 is 0 Å². The number of hydrogen-bond acceptors (Lipinski definition) is 6. The van der Waals surface area contributed by atoms with Crippen LogP contribution in [0.4, 0.5) is 11.4 Å². The fourth-order valence-electron chi connectivity index (χ4n) is 4.65. The van der Waals surface area contributed by atoms with E-state index < -0.39 is 11.8 Å². The van der Waals surface area contributed by atoms with Crippen LogP contribution >= 0.6 is 11.8 Å². The van der Waals surface area contributed by atoms with E-state index in [0.717, 1.165) is 28.1 Å². The van der Waals surface area contributed by atoms with Crippen LogP contribution in [0.1, 0.15) is 47.3 Å². The summed E-state index contributed by atoms with van der Waals surface area (Å²) < 4.78 is 5.37. The quantitative estimate of drug-likeness (QED) is 0.0981. The molecule has 4 N–H and O–H groups in total. The number of benzene rings is 4. The number of anilines is 2. The Morgan fingerprint density at radius 2 is 1.67 bits per heavy atom. The van der Waals surface area contributed by atoms with Crippen molar-refractivity contribution < 1.29 is 24.2 Å². The molecule has 4 aromatic rings. The summed E-state index contributed by atoms with van der Waals surface area (Å²) in [5.74, 6) is -0.781. The molecule has 1 unspecified atom stereocenters. The molecule has 0 saturated carbocycles. The Morgan fingerprint density at radius 1 is 0.911 bits per heavy atom. The zero-order chi connectivity index (χ0) is 32.3. The second kappa shape index (κ2) is 15.6. The molecule has 4 aromatic carbocycles. The van der Waals surface area contributed by atoms with E-state index in [1.807, 2.05) is 38.1 Å². The van der Waals surface area contributed by atoms with E-state index in [1.54, 1.807) is 54.6 Å². The lowest BCUT2D eigenvalue weighted by Gasteiger charge is -2.18. The number of amides is 3. The van der Waals surface area contributed by atoms with Gasteiger partial charge in [0.05, 0.1) is 12.4 Å². The largest absolute Gasteiger partial charge is 0.508 e. The Labute approximate surface area is 267 Å².